The molecular formula is C20H23NO4. The molecule has 0 unspecified atom stereocenters. The van der Waals surface area contributed by atoms with Crippen molar-refractivity contribution in [1.82, 2.24) is 5.32 Å². The van der Waals surface area contributed by atoms with E-state index in [1.165, 1.54) is 0 Å². The number of amides is 1. The van der Waals surface area contributed by atoms with Crippen LogP contribution in [0.2, 0.25) is 0 Å². The zero-order chi connectivity index (χ0) is 18.2. The van der Waals surface area contributed by atoms with Crippen molar-refractivity contribution in [2.24, 2.45) is 0 Å². The third kappa shape index (κ3) is 5.64. The Morgan fingerprint density at radius 3 is 2.28 bits per heavy atom. The lowest BCUT2D eigenvalue weighted by molar-refractivity contribution is -0.121. The number of carbonyl (C=O) groups is 2. The van der Waals surface area contributed by atoms with E-state index in [2.05, 4.69) is 5.32 Å². The fraction of sp³-hybridized carbons (Fsp3) is 0.300. The van der Waals surface area contributed by atoms with Crippen LogP contribution in [-0.2, 0) is 11.2 Å². The largest absolute Gasteiger partial charge is 0.491 e. The van der Waals surface area contributed by atoms with E-state index >= 15 is 0 Å². The van der Waals surface area contributed by atoms with Crippen LogP contribution in [0.4, 0.5) is 0 Å². The second-order valence-corrected chi connectivity index (χ2v) is 5.92. The smallest absolute Gasteiger partial charge is 0.335 e. The Kier molecular flexibility index (Phi) is 6.57. The van der Waals surface area contributed by atoms with Crippen molar-refractivity contribution in [3.8, 4) is 5.75 Å². The van der Waals surface area contributed by atoms with Crippen molar-refractivity contribution in [1.29, 1.82) is 0 Å². The zero-order valence-corrected chi connectivity index (χ0v) is 14.5. The average Bonchev–Trinajstić information content (AvgIpc) is 2.59. The topological polar surface area (TPSA) is 75.6 Å². The van der Waals surface area contributed by atoms with Crippen LogP contribution < -0.4 is 10.1 Å². The summed E-state index contributed by atoms with van der Waals surface area (Å²) in [6.45, 7) is 4.86. The molecule has 0 heterocycles. The Morgan fingerprint density at radius 2 is 1.68 bits per heavy atom. The summed E-state index contributed by atoms with van der Waals surface area (Å²) in [5, 5.41) is 11.7. The maximum atomic E-state index is 11.9. The van der Waals surface area contributed by atoms with Crippen molar-refractivity contribution >= 4 is 11.9 Å². The number of aromatic carboxylic acids is 1. The Hall–Kier alpha value is -2.82. The first-order valence-corrected chi connectivity index (χ1v) is 8.25. The van der Waals surface area contributed by atoms with Gasteiger partial charge in [0.15, 0.2) is 0 Å². The number of ether oxygens (including phenoxy) is 1. The van der Waals surface area contributed by atoms with Crippen LogP contribution >= 0.6 is 0 Å². The molecule has 0 aliphatic carbocycles. The number of carbonyl (C=O) groups excluding carboxylic acids is 1. The van der Waals surface area contributed by atoms with Gasteiger partial charge < -0.3 is 15.2 Å². The van der Waals surface area contributed by atoms with Crippen LogP contribution in [-0.4, -0.2) is 30.1 Å². The van der Waals surface area contributed by atoms with Crippen molar-refractivity contribution in [2.45, 2.75) is 26.7 Å². The molecule has 0 saturated heterocycles. The van der Waals surface area contributed by atoms with Gasteiger partial charge in [0.2, 0.25) is 5.91 Å². The van der Waals surface area contributed by atoms with Gasteiger partial charge in [0.05, 0.1) is 12.1 Å². The van der Waals surface area contributed by atoms with Gasteiger partial charge in [-0.1, -0.05) is 30.3 Å². The van der Waals surface area contributed by atoms with Gasteiger partial charge in [-0.3, -0.25) is 4.79 Å². The van der Waals surface area contributed by atoms with E-state index in [1.54, 1.807) is 24.3 Å². The van der Waals surface area contributed by atoms with Crippen LogP contribution in [0.5, 0.6) is 5.75 Å². The van der Waals surface area contributed by atoms with Gasteiger partial charge in [0, 0.05) is 6.42 Å². The minimum absolute atomic E-state index is 0.0487. The number of benzene rings is 2. The molecule has 0 atom stereocenters. The number of nitrogens with one attached hydrogen (secondary N) is 1. The molecular weight excluding hydrogens is 318 g/mol. The fourth-order valence-electron chi connectivity index (χ4n) is 2.53. The summed E-state index contributed by atoms with van der Waals surface area (Å²) in [6.07, 6.45) is 0.930. The number of hydrogen-bond donors (Lipinski definition) is 2. The summed E-state index contributed by atoms with van der Waals surface area (Å²) in [5.74, 6) is -0.129. The minimum Gasteiger partial charge on any atom is -0.491 e. The second-order valence-electron chi connectivity index (χ2n) is 5.92. The van der Waals surface area contributed by atoms with Crippen LogP contribution in [0.3, 0.4) is 0 Å². The van der Waals surface area contributed by atoms with E-state index in [0.29, 0.717) is 26.0 Å². The fourth-order valence-corrected chi connectivity index (χ4v) is 2.53. The van der Waals surface area contributed by atoms with E-state index in [9.17, 15) is 9.59 Å². The predicted molar refractivity (Wildman–Crippen MR) is 96.1 cm³/mol. The average molecular weight is 341 g/mol. The molecule has 0 aliphatic heterocycles. The third-order valence-electron chi connectivity index (χ3n) is 3.92. The van der Waals surface area contributed by atoms with Crippen LogP contribution in [0.15, 0.2) is 42.5 Å². The molecule has 132 valence electrons. The predicted octanol–water partition coefficient (Wildman–Crippen LogP) is 3.13. The number of aryl methyl sites for hydroxylation is 3. The second kappa shape index (κ2) is 8.87. The van der Waals surface area contributed by atoms with Crippen LogP contribution in [0.25, 0.3) is 0 Å². The number of carboxylic acids is 1. The summed E-state index contributed by atoms with van der Waals surface area (Å²) >= 11 is 0. The van der Waals surface area contributed by atoms with Crippen LogP contribution in [0.1, 0.15) is 33.5 Å². The monoisotopic (exact) mass is 341 g/mol. The van der Waals surface area contributed by atoms with Gasteiger partial charge in [0.1, 0.15) is 12.4 Å². The van der Waals surface area contributed by atoms with Gasteiger partial charge in [-0.25, -0.2) is 4.79 Å². The Balaban J connectivity index is 1.69. The lowest BCUT2D eigenvalue weighted by Gasteiger charge is -2.12. The number of rotatable bonds is 8. The molecule has 5 heteroatoms. The van der Waals surface area contributed by atoms with E-state index in [0.717, 1.165) is 22.4 Å². The Labute approximate surface area is 147 Å². The standard InChI is InChI=1S/C20H23NO4/c1-14-4-3-5-15(2)19(14)25-13-12-21-18(22)11-8-16-6-9-17(10-7-16)20(23)24/h3-7,9-10H,8,11-13H2,1-2H3,(H,21,22)(H,23,24). The zero-order valence-electron chi connectivity index (χ0n) is 14.5. The molecule has 0 aliphatic rings. The van der Waals surface area contributed by atoms with E-state index in [1.807, 2.05) is 32.0 Å². The highest BCUT2D eigenvalue weighted by atomic mass is 16.5. The van der Waals surface area contributed by atoms with E-state index in [-0.39, 0.29) is 11.5 Å². The molecule has 1 amide bonds. The van der Waals surface area contributed by atoms with E-state index < -0.39 is 5.97 Å². The SMILES string of the molecule is Cc1cccc(C)c1OCCNC(=O)CCc1ccc(C(=O)O)cc1. The molecule has 0 bridgehead atoms. The highest BCUT2D eigenvalue weighted by Gasteiger charge is 2.06. The Bertz CT molecular complexity index is 718. The first-order valence-electron chi connectivity index (χ1n) is 8.25. The molecule has 0 spiro atoms. The summed E-state index contributed by atoms with van der Waals surface area (Å²) in [4.78, 5) is 22.7. The third-order valence-corrected chi connectivity index (χ3v) is 3.92. The molecule has 5 nitrogen and oxygen atoms in total. The highest BCUT2D eigenvalue weighted by molar-refractivity contribution is 5.87. The molecule has 2 rings (SSSR count). The van der Waals surface area contributed by atoms with Crippen LogP contribution in [0, 0.1) is 13.8 Å². The maximum Gasteiger partial charge on any atom is 0.335 e. The molecule has 0 fully saturated rings. The summed E-state index contributed by atoms with van der Waals surface area (Å²) in [5.41, 5.74) is 3.34. The normalized spacial score (nSPS) is 10.3. The lowest BCUT2D eigenvalue weighted by Crippen LogP contribution is -2.28. The molecule has 0 radical (unpaired) electrons. The molecule has 25 heavy (non-hydrogen) atoms. The van der Waals surface area contributed by atoms with Crippen molar-refractivity contribution in [3.05, 3.63) is 64.7 Å². The van der Waals surface area contributed by atoms with E-state index in [4.69, 9.17) is 9.84 Å². The van der Waals surface area contributed by atoms with Gasteiger partial charge >= 0.3 is 5.97 Å². The number of carboxylic acid groups (broad SMARTS) is 1. The molecule has 2 aromatic rings. The minimum atomic E-state index is -0.951. The van der Waals surface area contributed by atoms with Crippen molar-refractivity contribution in [3.63, 3.8) is 0 Å². The van der Waals surface area contributed by atoms with Crippen molar-refractivity contribution in [2.75, 3.05) is 13.2 Å². The highest BCUT2D eigenvalue weighted by Crippen LogP contribution is 2.21. The first kappa shape index (κ1) is 18.5. The van der Waals surface area contributed by atoms with Gasteiger partial charge in [-0.05, 0) is 49.1 Å². The summed E-state index contributed by atoms with van der Waals surface area (Å²) in [6, 6.07) is 12.6. The molecule has 2 N–H and O–H groups in total. The summed E-state index contributed by atoms with van der Waals surface area (Å²) < 4.78 is 5.75. The quantitative estimate of drug-likeness (QED) is 0.723. The lowest BCUT2D eigenvalue weighted by atomic mass is 10.1. The van der Waals surface area contributed by atoms with Gasteiger partial charge in [-0.15, -0.1) is 0 Å². The Morgan fingerprint density at radius 1 is 1.04 bits per heavy atom. The number of para-hydroxylation sites is 1. The first-order chi connectivity index (χ1) is 12.0. The van der Waals surface area contributed by atoms with Gasteiger partial charge in [-0.2, -0.15) is 0 Å². The molecule has 0 aromatic heterocycles. The molecule has 0 saturated carbocycles. The maximum absolute atomic E-state index is 11.9. The van der Waals surface area contributed by atoms with Crippen molar-refractivity contribution < 1.29 is 19.4 Å². The number of hydrogen-bond acceptors (Lipinski definition) is 3. The summed E-state index contributed by atoms with van der Waals surface area (Å²) in [7, 11) is 0. The van der Waals surface area contributed by atoms with Gasteiger partial charge in [0.25, 0.3) is 0 Å². The molecule has 2 aromatic carbocycles.